The Morgan fingerprint density at radius 2 is 1.76 bits per heavy atom. The molecule has 146 valence electrons. The van der Waals surface area contributed by atoms with E-state index in [0.717, 1.165) is 16.3 Å². The SMILES string of the molecule is C[C@]1(CCc2ccccc2)NC(=O)N(/N=C\c2cnn(-c3ccccc3)c2)C1=O. The van der Waals surface area contributed by atoms with Crippen LogP contribution in [0.1, 0.15) is 24.5 Å². The van der Waals surface area contributed by atoms with Gasteiger partial charge in [0.1, 0.15) is 5.54 Å². The third kappa shape index (κ3) is 3.94. The molecule has 7 nitrogen and oxygen atoms in total. The third-order valence-corrected chi connectivity index (χ3v) is 4.94. The van der Waals surface area contributed by atoms with E-state index in [1.165, 1.54) is 6.21 Å². The lowest BCUT2D eigenvalue weighted by molar-refractivity contribution is -0.130. The summed E-state index contributed by atoms with van der Waals surface area (Å²) in [4.78, 5) is 25.1. The fourth-order valence-corrected chi connectivity index (χ4v) is 3.23. The van der Waals surface area contributed by atoms with Gasteiger partial charge in [0.05, 0.1) is 18.1 Å². The highest BCUT2D eigenvalue weighted by Gasteiger charge is 2.47. The van der Waals surface area contributed by atoms with Crippen LogP contribution < -0.4 is 5.32 Å². The minimum absolute atomic E-state index is 0.356. The summed E-state index contributed by atoms with van der Waals surface area (Å²) < 4.78 is 1.71. The van der Waals surface area contributed by atoms with Gasteiger partial charge in [0.25, 0.3) is 5.91 Å². The quantitative estimate of drug-likeness (QED) is 0.521. The molecule has 0 spiro atoms. The van der Waals surface area contributed by atoms with Crippen molar-refractivity contribution in [2.45, 2.75) is 25.3 Å². The average molecular weight is 387 g/mol. The van der Waals surface area contributed by atoms with Gasteiger partial charge < -0.3 is 5.32 Å². The molecule has 1 fully saturated rings. The van der Waals surface area contributed by atoms with Crippen LogP contribution in [0.5, 0.6) is 0 Å². The summed E-state index contributed by atoms with van der Waals surface area (Å²) in [5.41, 5.74) is 1.74. The number of amides is 3. The minimum Gasteiger partial charge on any atom is -0.322 e. The number of aromatic nitrogens is 2. The van der Waals surface area contributed by atoms with E-state index in [2.05, 4.69) is 15.5 Å². The van der Waals surface area contributed by atoms with Crippen LogP contribution in [0.3, 0.4) is 0 Å². The molecular weight excluding hydrogens is 366 g/mol. The molecule has 3 aromatic rings. The van der Waals surface area contributed by atoms with Crippen molar-refractivity contribution in [3.63, 3.8) is 0 Å². The van der Waals surface area contributed by atoms with Crippen LogP contribution in [0.4, 0.5) is 4.79 Å². The van der Waals surface area contributed by atoms with Crippen molar-refractivity contribution < 1.29 is 9.59 Å². The molecule has 0 saturated carbocycles. The van der Waals surface area contributed by atoms with E-state index < -0.39 is 11.6 Å². The lowest BCUT2D eigenvalue weighted by Gasteiger charge is -2.20. The minimum atomic E-state index is -0.974. The molecule has 1 aliphatic heterocycles. The van der Waals surface area contributed by atoms with Gasteiger partial charge in [0, 0.05) is 11.8 Å². The Bertz CT molecular complexity index is 1050. The number of hydrogen-bond donors (Lipinski definition) is 1. The second-order valence-corrected chi connectivity index (χ2v) is 7.16. The average Bonchev–Trinajstić information content (AvgIpc) is 3.30. The second kappa shape index (κ2) is 7.71. The standard InChI is InChI=1S/C22H21N5O2/c1-22(13-12-17-8-4-2-5-9-17)20(28)27(21(29)25-22)24-15-18-14-23-26(16-18)19-10-6-3-7-11-19/h2-11,14-16H,12-13H2,1H3,(H,25,29)/b24-15-/t22-/m1/s1. The van der Waals surface area contributed by atoms with E-state index in [0.29, 0.717) is 18.4 Å². The highest BCUT2D eigenvalue weighted by Crippen LogP contribution is 2.23. The maximum Gasteiger partial charge on any atom is 0.346 e. The van der Waals surface area contributed by atoms with Crippen molar-refractivity contribution in [3.8, 4) is 5.69 Å². The van der Waals surface area contributed by atoms with Gasteiger partial charge in [-0.1, -0.05) is 48.5 Å². The van der Waals surface area contributed by atoms with E-state index in [-0.39, 0.29) is 5.91 Å². The molecule has 1 saturated heterocycles. The Morgan fingerprint density at radius 3 is 2.48 bits per heavy atom. The zero-order chi connectivity index (χ0) is 20.3. The van der Waals surface area contributed by atoms with Crippen LogP contribution >= 0.6 is 0 Å². The van der Waals surface area contributed by atoms with Crippen molar-refractivity contribution >= 4 is 18.2 Å². The predicted molar refractivity (Wildman–Crippen MR) is 110 cm³/mol. The molecule has 3 amide bonds. The fraction of sp³-hybridized carbons (Fsp3) is 0.182. The van der Waals surface area contributed by atoms with Crippen LogP contribution in [0.25, 0.3) is 5.69 Å². The van der Waals surface area contributed by atoms with Gasteiger partial charge in [-0.2, -0.15) is 10.2 Å². The highest BCUT2D eigenvalue weighted by molar-refractivity contribution is 6.07. The molecule has 0 unspecified atom stereocenters. The van der Waals surface area contributed by atoms with Crippen LogP contribution in [0, 0.1) is 0 Å². The van der Waals surface area contributed by atoms with Crippen molar-refractivity contribution in [1.29, 1.82) is 0 Å². The molecule has 1 atom stereocenters. The summed E-state index contributed by atoms with van der Waals surface area (Å²) in [6, 6.07) is 19.0. The molecule has 4 rings (SSSR count). The van der Waals surface area contributed by atoms with Crippen LogP contribution in [-0.2, 0) is 11.2 Å². The molecule has 0 radical (unpaired) electrons. The molecule has 1 aliphatic rings. The maximum atomic E-state index is 12.8. The third-order valence-electron chi connectivity index (χ3n) is 4.94. The van der Waals surface area contributed by atoms with Crippen LogP contribution in [0.2, 0.25) is 0 Å². The van der Waals surface area contributed by atoms with Gasteiger partial charge in [0.2, 0.25) is 0 Å². The monoisotopic (exact) mass is 387 g/mol. The Labute approximate surface area is 168 Å². The zero-order valence-electron chi connectivity index (χ0n) is 16.0. The number of hydrogen-bond acceptors (Lipinski definition) is 4. The number of aryl methyl sites for hydroxylation is 1. The first-order valence-corrected chi connectivity index (χ1v) is 9.40. The number of carbonyl (C=O) groups is 2. The van der Waals surface area contributed by atoms with E-state index in [9.17, 15) is 9.59 Å². The fourth-order valence-electron chi connectivity index (χ4n) is 3.23. The lowest BCUT2D eigenvalue weighted by Crippen LogP contribution is -2.44. The van der Waals surface area contributed by atoms with E-state index >= 15 is 0 Å². The van der Waals surface area contributed by atoms with Gasteiger partial charge in [-0.05, 0) is 37.5 Å². The number of carbonyl (C=O) groups excluding carboxylic acids is 2. The van der Waals surface area contributed by atoms with E-state index in [4.69, 9.17) is 0 Å². The van der Waals surface area contributed by atoms with Gasteiger partial charge >= 0.3 is 6.03 Å². The smallest absolute Gasteiger partial charge is 0.322 e. The first-order valence-electron chi connectivity index (χ1n) is 9.40. The normalized spacial score (nSPS) is 19.1. The van der Waals surface area contributed by atoms with E-state index in [1.807, 2.05) is 60.7 Å². The van der Waals surface area contributed by atoms with Crippen molar-refractivity contribution in [1.82, 2.24) is 20.1 Å². The molecular formula is C22H21N5O2. The molecule has 7 heteroatoms. The summed E-state index contributed by atoms with van der Waals surface area (Å²) in [6.07, 6.45) is 6.06. The predicted octanol–water partition coefficient (Wildman–Crippen LogP) is 3.15. The van der Waals surface area contributed by atoms with Gasteiger partial charge in [-0.25, -0.2) is 9.48 Å². The summed E-state index contributed by atoms with van der Waals surface area (Å²) in [5, 5.41) is 12.1. The molecule has 29 heavy (non-hydrogen) atoms. The first kappa shape index (κ1) is 18.6. The summed E-state index contributed by atoms with van der Waals surface area (Å²) in [6.45, 7) is 1.74. The number of rotatable bonds is 6. The summed E-state index contributed by atoms with van der Waals surface area (Å²) >= 11 is 0. The molecule has 1 N–H and O–H groups in total. The maximum absolute atomic E-state index is 12.8. The van der Waals surface area contributed by atoms with Gasteiger partial charge in [0.15, 0.2) is 0 Å². The molecule has 1 aromatic heterocycles. The lowest BCUT2D eigenvalue weighted by atomic mass is 9.93. The number of nitrogens with zero attached hydrogens (tertiary/aromatic N) is 4. The Kier molecular flexibility index (Phi) is 4.95. The highest BCUT2D eigenvalue weighted by atomic mass is 16.2. The van der Waals surface area contributed by atoms with E-state index in [1.54, 1.807) is 24.0 Å². The Morgan fingerprint density at radius 1 is 1.07 bits per heavy atom. The molecule has 0 bridgehead atoms. The van der Waals surface area contributed by atoms with Crippen LogP contribution in [-0.4, -0.2) is 38.5 Å². The number of hydrazone groups is 1. The van der Waals surface area contributed by atoms with Gasteiger partial charge in [-0.15, -0.1) is 5.01 Å². The number of nitrogens with one attached hydrogen (secondary N) is 1. The Balaban J connectivity index is 1.44. The molecule has 2 heterocycles. The van der Waals surface area contributed by atoms with Crippen molar-refractivity contribution in [2.75, 3.05) is 0 Å². The number of urea groups is 1. The molecule has 2 aromatic carbocycles. The Hall–Kier alpha value is -3.74. The van der Waals surface area contributed by atoms with Crippen molar-refractivity contribution in [2.24, 2.45) is 5.10 Å². The zero-order valence-corrected chi connectivity index (χ0v) is 16.0. The number of imide groups is 1. The van der Waals surface area contributed by atoms with Crippen LogP contribution in [0.15, 0.2) is 78.2 Å². The summed E-state index contributed by atoms with van der Waals surface area (Å²) in [5.74, 6) is -0.356. The molecule has 0 aliphatic carbocycles. The largest absolute Gasteiger partial charge is 0.346 e. The van der Waals surface area contributed by atoms with Gasteiger partial charge in [-0.3, -0.25) is 4.79 Å². The number of para-hydroxylation sites is 1. The first-order chi connectivity index (χ1) is 14.0. The second-order valence-electron chi connectivity index (χ2n) is 7.16. The topological polar surface area (TPSA) is 79.6 Å². The van der Waals surface area contributed by atoms with Crippen molar-refractivity contribution in [3.05, 3.63) is 84.2 Å². The number of benzene rings is 2. The summed E-state index contributed by atoms with van der Waals surface area (Å²) in [7, 11) is 0.